The number of ether oxygens (including phenoxy) is 2. The molecule has 2 rings (SSSR count). The van der Waals surface area contributed by atoms with Crippen LogP contribution in [0.15, 0.2) is 12.1 Å². The molecule has 5 heteroatoms. The van der Waals surface area contributed by atoms with Crippen LogP contribution in [-0.2, 0) is 16.1 Å². The first kappa shape index (κ1) is 9.79. The van der Waals surface area contributed by atoms with Gasteiger partial charge in [-0.05, 0) is 12.1 Å². The van der Waals surface area contributed by atoms with Gasteiger partial charge in [0.05, 0.1) is 19.4 Å². The number of carbonyl (C=O) groups is 2. The Morgan fingerprint density at radius 1 is 1.47 bits per heavy atom. The van der Waals surface area contributed by atoms with Gasteiger partial charge in [0, 0.05) is 5.56 Å². The zero-order valence-corrected chi connectivity index (χ0v) is 8.15. The number of carbonyl (C=O) groups excluding carboxylic acids is 2. The highest BCUT2D eigenvalue weighted by Crippen LogP contribution is 2.15. The molecule has 0 saturated heterocycles. The SMILES string of the molecule is COC(=O)c1ccc2c(n1)COCC2=O. The molecule has 5 nitrogen and oxygen atoms in total. The molecule has 1 aromatic rings. The summed E-state index contributed by atoms with van der Waals surface area (Å²) in [4.78, 5) is 26.5. The third-order valence-electron chi connectivity index (χ3n) is 2.14. The zero-order chi connectivity index (χ0) is 10.8. The lowest BCUT2D eigenvalue weighted by molar-refractivity contribution is 0.0582. The Bertz CT molecular complexity index is 427. The molecule has 0 aromatic carbocycles. The van der Waals surface area contributed by atoms with E-state index in [0.29, 0.717) is 11.3 Å². The lowest BCUT2D eigenvalue weighted by Crippen LogP contribution is -2.20. The summed E-state index contributed by atoms with van der Waals surface area (Å²) in [5.41, 5.74) is 1.21. The van der Waals surface area contributed by atoms with Crippen molar-refractivity contribution in [3.8, 4) is 0 Å². The van der Waals surface area contributed by atoms with Crippen LogP contribution in [0, 0.1) is 0 Å². The van der Waals surface area contributed by atoms with Gasteiger partial charge in [-0.15, -0.1) is 0 Å². The fraction of sp³-hybridized carbons (Fsp3) is 0.300. The average molecular weight is 207 g/mol. The van der Waals surface area contributed by atoms with Crippen LogP contribution in [0.25, 0.3) is 0 Å². The van der Waals surface area contributed by atoms with E-state index in [1.54, 1.807) is 6.07 Å². The van der Waals surface area contributed by atoms with Crippen LogP contribution >= 0.6 is 0 Å². The molecule has 0 atom stereocenters. The molecule has 0 N–H and O–H groups in total. The molecule has 0 amide bonds. The Morgan fingerprint density at radius 2 is 2.27 bits per heavy atom. The van der Waals surface area contributed by atoms with Gasteiger partial charge in [-0.3, -0.25) is 4.79 Å². The molecule has 78 valence electrons. The summed E-state index contributed by atoms with van der Waals surface area (Å²) in [6.07, 6.45) is 0. The monoisotopic (exact) mass is 207 g/mol. The van der Waals surface area contributed by atoms with Gasteiger partial charge in [0.25, 0.3) is 0 Å². The Hall–Kier alpha value is -1.75. The van der Waals surface area contributed by atoms with Crippen molar-refractivity contribution in [1.82, 2.24) is 4.98 Å². The molecule has 1 aliphatic rings. The van der Waals surface area contributed by atoms with E-state index in [2.05, 4.69) is 9.72 Å². The fourth-order valence-electron chi connectivity index (χ4n) is 1.40. The van der Waals surface area contributed by atoms with Crippen LogP contribution in [0.3, 0.4) is 0 Å². The summed E-state index contributed by atoms with van der Waals surface area (Å²) >= 11 is 0. The molecule has 0 radical (unpaired) electrons. The molecule has 0 aliphatic carbocycles. The second-order valence-corrected chi connectivity index (χ2v) is 3.10. The lowest BCUT2D eigenvalue weighted by atomic mass is 10.1. The highest BCUT2D eigenvalue weighted by atomic mass is 16.5. The van der Waals surface area contributed by atoms with E-state index >= 15 is 0 Å². The number of aromatic nitrogens is 1. The Kier molecular flexibility index (Phi) is 2.47. The predicted octanol–water partition coefficient (Wildman–Crippen LogP) is 0.581. The highest BCUT2D eigenvalue weighted by Gasteiger charge is 2.20. The van der Waals surface area contributed by atoms with E-state index in [4.69, 9.17) is 4.74 Å². The number of pyridine rings is 1. The molecule has 0 saturated carbocycles. The van der Waals surface area contributed by atoms with Crippen molar-refractivity contribution in [2.24, 2.45) is 0 Å². The standard InChI is InChI=1S/C10H9NO4/c1-14-10(13)7-3-2-6-8(11-7)4-15-5-9(6)12/h2-3H,4-5H2,1H3. The third kappa shape index (κ3) is 1.73. The highest BCUT2D eigenvalue weighted by molar-refractivity contribution is 5.99. The van der Waals surface area contributed by atoms with E-state index in [1.807, 2.05) is 0 Å². The largest absolute Gasteiger partial charge is 0.464 e. The van der Waals surface area contributed by atoms with Crippen molar-refractivity contribution in [1.29, 1.82) is 0 Å². The molecular formula is C10H9NO4. The zero-order valence-electron chi connectivity index (χ0n) is 8.15. The molecule has 1 aliphatic heterocycles. The van der Waals surface area contributed by atoms with Crippen LogP contribution in [0.2, 0.25) is 0 Å². The minimum absolute atomic E-state index is 0.0756. The Morgan fingerprint density at radius 3 is 3.00 bits per heavy atom. The Balaban J connectivity index is 2.41. The third-order valence-corrected chi connectivity index (χ3v) is 2.14. The minimum Gasteiger partial charge on any atom is -0.464 e. The van der Waals surface area contributed by atoms with Crippen molar-refractivity contribution in [2.45, 2.75) is 6.61 Å². The number of hydrogen-bond acceptors (Lipinski definition) is 5. The number of methoxy groups -OCH3 is 1. The van der Waals surface area contributed by atoms with Crippen molar-refractivity contribution in [2.75, 3.05) is 13.7 Å². The maximum absolute atomic E-state index is 11.4. The molecule has 0 unspecified atom stereocenters. The first-order chi connectivity index (χ1) is 7.22. The normalized spacial score (nSPS) is 14.6. The number of esters is 1. The topological polar surface area (TPSA) is 65.5 Å². The Labute approximate surface area is 86.0 Å². The van der Waals surface area contributed by atoms with E-state index in [9.17, 15) is 9.59 Å². The smallest absolute Gasteiger partial charge is 0.356 e. The molecule has 2 heterocycles. The van der Waals surface area contributed by atoms with E-state index in [0.717, 1.165) is 0 Å². The molecular weight excluding hydrogens is 198 g/mol. The van der Waals surface area contributed by atoms with Crippen LogP contribution < -0.4 is 0 Å². The predicted molar refractivity (Wildman–Crippen MR) is 49.6 cm³/mol. The van der Waals surface area contributed by atoms with Gasteiger partial charge in [-0.1, -0.05) is 0 Å². The van der Waals surface area contributed by atoms with Crippen molar-refractivity contribution >= 4 is 11.8 Å². The van der Waals surface area contributed by atoms with Gasteiger partial charge in [-0.25, -0.2) is 9.78 Å². The van der Waals surface area contributed by atoms with Crippen LogP contribution in [-0.4, -0.2) is 30.5 Å². The van der Waals surface area contributed by atoms with E-state index in [-0.39, 0.29) is 24.7 Å². The molecule has 1 aromatic heterocycles. The fourth-order valence-corrected chi connectivity index (χ4v) is 1.40. The van der Waals surface area contributed by atoms with Gasteiger partial charge < -0.3 is 9.47 Å². The summed E-state index contributed by atoms with van der Waals surface area (Å²) < 4.78 is 9.54. The average Bonchev–Trinajstić information content (AvgIpc) is 2.28. The number of hydrogen-bond donors (Lipinski definition) is 0. The van der Waals surface area contributed by atoms with Gasteiger partial charge in [0.2, 0.25) is 0 Å². The molecule has 0 fully saturated rings. The molecule has 0 spiro atoms. The van der Waals surface area contributed by atoms with E-state index < -0.39 is 5.97 Å². The summed E-state index contributed by atoms with van der Waals surface area (Å²) in [6, 6.07) is 3.06. The number of ketones is 1. The van der Waals surface area contributed by atoms with Gasteiger partial charge in [0.1, 0.15) is 12.3 Å². The van der Waals surface area contributed by atoms with Crippen LogP contribution in [0.5, 0.6) is 0 Å². The summed E-state index contributed by atoms with van der Waals surface area (Å²) in [5.74, 6) is -0.629. The molecule has 0 bridgehead atoms. The van der Waals surface area contributed by atoms with Crippen LogP contribution in [0.1, 0.15) is 26.5 Å². The van der Waals surface area contributed by atoms with Crippen LogP contribution in [0.4, 0.5) is 0 Å². The number of nitrogens with zero attached hydrogens (tertiary/aromatic N) is 1. The van der Waals surface area contributed by atoms with Crippen molar-refractivity contribution in [3.63, 3.8) is 0 Å². The van der Waals surface area contributed by atoms with Gasteiger partial charge in [-0.2, -0.15) is 0 Å². The second kappa shape index (κ2) is 3.78. The maximum Gasteiger partial charge on any atom is 0.356 e. The maximum atomic E-state index is 11.4. The minimum atomic E-state index is -0.518. The lowest BCUT2D eigenvalue weighted by Gasteiger charge is -2.14. The first-order valence-electron chi connectivity index (χ1n) is 4.41. The number of fused-ring (bicyclic) bond motifs is 1. The van der Waals surface area contributed by atoms with Gasteiger partial charge in [0.15, 0.2) is 5.78 Å². The molecule has 15 heavy (non-hydrogen) atoms. The summed E-state index contributed by atoms with van der Waals surface area (Å²) in [7, 11) is 1.28. The second-order valence-electron chi connectivity index (χ2n) is 3.10. The first-order valence-corrected chi connectivity index (χ1v) is 4.41. The van der Waals surface area contributed by atoms with Gasteiger partial charge >= 0.3 is 5.97 Å². The summed E-state index contributed by atoms with van der Waals surface area (Å²) in [5, 5.41) is 0. The van der Waals surface area contributed by atoms with Crippen molar-refractivity contribution < 1.29 is 19.1 Å². The quantitative estimate of drug-likeness (QED) is 0.630. The van der Waals surface area contributed by atoms with E-state index in [1.165, 1.54) is 13.2 Å². The number of rotatable bonds is 1. The summed E-state index contributed by atoms with van der Waals surface area (Å²) in [6.45, 7) is 0.332. The number of Topliss-reactive ketones (excluding diaryl/α,β-unsaturated/α-hetero) is 1. The van der Waals surface area contributed by atoms with Crippen molar-refractivity contribution in [3.05, 3.63) is 29.1 Å².